The third-order valence-electron chi connectivity index (χ3n) is 1.25. The molecule has 50 valence electrons. The van der Waals surface area contributed by atoms with Crippen molar-refractivity contribution in [2.24, 2.45) is 0 Å². The molecule has 0 aromatic heterocycles. The molecule has 1 saturated carbocycles. The summed E-state index contributed by atoms with van der Waals surface area (Å²) in [6.07, 6.45) is 7.50. The van der Waals surface area contributed by atoms with Gasteiger partial charge < -0.3 is 0 Å². The molecule has 0 unspecified atom stereocenters. The van der Waals surface area contributed by atoms with E-state index in [0.29, 0.717) is 0 Å². The first-order chi connectivity index (χ1) is 3.50. The van der Waals surface area contributed by atoms with Crippen LogP contribution in [-0.4, -0.2) is 0 Å². The fraction of sp³-hybridized carbons (Fsp3) is 1.00. The van der Waals surface area contributed by atoms with Gasteiger partial charge in [0.25, 0.3) is 0 Å². The molecule has 0 aromatic rings. The van der Waals surface area contributed by atoms with Crippen molar-refractivity contribution in [2.75, 3.05) is 0 Å². The first-order valence-electron chi connectivity index (χ1n) is 2.75. The lowest BCUT2D eigenvalue weighted by Crippen LogP contribution is -1.47. The summed E-state index contributed by atoms with van der Waals surface area (Å²) in [6.45, 7) is 0. The highest BCUT2D eigenvalue weighted by Gasteiger charge is 1.95. The maximum Gasteiger partial charge on any atom is -0.0185 e. The quantitative estimate of drug-likeness (QED) is 0.489. The van der Waals surface area contributed by atoms with Crippen LogP contribution in [0, 0.1) is 5.16 Å². The van der Waals surface area contributed by atoms with E-state index in [1.54, 1.807) is 0 Å². The molecule has 0 saturated heterocycles. The Morgan fingerprint density at radius 3 is 1.00 bits per heavy atom. The van der Waals surface area contributed by atoms with Crippen molar-refractivity contribution in [1.82, 2.24) is 0 Å². The molecule has 0 aromatic carbocycles. The summed E-state index contributed by atoms with van der Waals surface area (Å²) >= 11 is 0. The largest absolute Gasteiger partial charge is 0.287 e. The Morgan fingerprint density at radius 2 is 0.875 bits per heavy atom. The van der Waals surface area contributed by atoms with E-state index in [9.17, 15) is 0 Å². The lowest BCUT2D eigenvalue weighted by atomic mass is 10.4. The highest BCUT2D eigenvalue weighted by atomic mass is 31.0. The van der Waals surface area contributed by atoms with Gasteiger partial charge in [-0.3, -0.25) is 5.16 Å². The molecule has 1 rings (SSSR count). The van der Waals surface area contributed by atoms with Gasteiger partial charge in [-0.25, -0.2) is 0 Å². The third kappa shape index (κ3) is 6.10. The highest BCUT2D eigenvalue weighted by molar-refractivity contribution is 7.02. The SMILES string of the molecule is C.C1CCCC1.N=P. The van der Waals surface area contributed by atoms with Crippen LogP contribution in [0.15, 0.2) is 0 Å². The molecule has 1 nitrogen and oxygen atoms in total. The van der Waals surface area contributed by atoms with Gasteiger partial charge in [-0.1, -0.05) is 39.5 Å². The molecule has 0 bridgehead atoms. The lowest BCUT2D eigenvalue weighted by Gasteiger charge is -1.67. The van der Waals surface area contributed by atoms with Crippen LogP contribution < -0.4 is 0 Å². The zero-order valence-electron chi connectivity index (χ0n) is 4.54. The molecule has 1 aliphatic rings. The van der Waals surface area contributed by atoms with Gasteiger partial charge in [-0.15, -0.1) is 0 Å². The van der Waals surface area contributed by atoms with E-state index in [1.807, 2.05) is 0 Å². The van der Waals surface area contributed by atoms with Crippen LogP contribution in [0.2, 0.25) is 0 Å². The average Bonchev–Trinajstić information content (AvgIpc) is 2.23. The molecule has 1 N–H and O–H groups in total. The van der Waals surface area contributed by atoms with Crippen molar-refractivity contribution in [3.63, 3.8) is 0 Å². The molecule has 1 aliphatic carbocycles. The van der Waals surface area contributed by atoms with Crippen molar-refractivity contribution in [2.45, 2.75) is 39.5 Å². The Hall–Kier alpha value is 0.100. The Kier molecular flexibility index (Phi) is 13.9. The number of nitrogens with one attached hydrogen (secondary N) is 1. The van der Waals surface area contributed by atoms with Gasteiger partial charge in [-0.05, 0) is 9.03 Å². The Morgan fingerprint density at radius 1 is 0.750 bits per heavy atom. The normalized spacial score (nSPS) is 15.5. The van der Waals surface area contributed by atoms with Crippen molar-refractivity contribution < 1.29 is 0 Å². The van der Waals surface area contributed by atoms with Crippen LogP contribution in [-0.2, 0) is 0 Å². The predicted octanol–water partition coefficient (Wildman–Crippen LogP) is 3.48. The maximum atomic E-state index is 5.56. The minimum atomic E-state index is 0. The standard InChI is InChI=1S/C5H10.CH4.H2NP/c1-2-4-5-3-1;;1-2/h1-5H2;1H4;1-2H. The number of rotatable bonds is 0. The van der Waals surface area contributed by atoms with Gasteiger partial charge in [0.1, 0.15) is 0 Å². The molecule has 0 aliphatic heterocycles. The van der Waals surface area contributed by atoms with Gasteiger partial charge in [-0.2, -0.15) is 0 Å². The minimum absolute atomic E-state index is 0. The van der Waals surface area contributed by atoms with Gasteiger partial charge in [0.2, 0.25) is 0 Å². The van der Waals surface area contributed by atoms with E-state index in [0.717, 1.165) is 0 Å². The molecule has 0 heterocycles. The van der Waals surface area contributed by atoms with Gasteiger partial charge in [0.15, 0.2) is 0 Å². The second-order valence-corrected chi connectivity index (χ2v) is 1.77. The zero-order chi connectivity index (χ0) is 5.54. The molecular weight excluding hydrogens is 117 g/mol. The molecular formula is C6H16NP. The summed E-state index contributed by atoms with van der Waals surface area (Å²) in [5.41, 5.74) is 0. The van der Waals surface area contributed by atoms with E-state index in [1.165, 1.54) is 32.1 Å². The Bertz CT molecular complexity index is 27.9. The zero-order valence-corrected chi connectivity index (χ0v) is 5.54. The molecule has 1 fully saturated rings. The summed E-state index contributed by atoms with van der Waals surface area (Å²) < 4.78 is 0. The van der Waals surface area contributed by atoms with Gasteiger partial charge >= 0.3 is 0 Å². The van der Waals surface area contributed by atoms with Crippen LogP contribution in [0.3, 0.4) is 0 Å². The summed E-state index contributed by atoms with van der Waals surface area (Å²) in [5, 5.41) is 5.56. The molecule has 0 amide bonds. The molecule has 8 heavy (non-hydrogen) atoms. The summed E-state index contributed by atoms with van der Waals surface area (Å²) in [4.78, 5) is 0. The summed E-state index contributed by atoms with van der Waals surface area (Å²) in [6, 6.07) is 0. The fourth-order valence-corrected chi connectivity index (χ4v) is 0.884. The van der Waals surface area contributed by atoms with Crippen molar-refractivity contribution in [3.05, 3.63) is 0 Å². The summed E-state index contributed by atoms with van der Waals surface area (Å²) in [5.74, 6) is 0. The van der Waals surface area contributed by atoms with E-state index in [2.05, 4.69) is 9.03 Å². The molecule has 0 radical (unpaired) electrons. The van der Waals surface area contributed by atoms with Crippen molar-refractivity contribution in [1.29, 1.82) is 5.16 Å². The smallest absolute Gasteiger partial charge is 0.0185 e. The molecule has 0 spiro atoms. The van der Waals surface area contributed by atoms with E-state index >= 15 is 0 Å². The Balaban J connectivity index is 0. The first kappa shape index (κ1) is 11.0. The predicted molar refractivity (Wildman–Crippen MR) is 40.9 cm³/mol. The maximum absolute atomic E-state index is 5.56. The van der Waals surface area contributed by atoms with Crippen LogP contribution in [0.5, 0.6) is 0 Å². The topological polar surface area (TPSA) is 23.9 Å². The van der Waals surface area contributed by atoms with Crippen LogP contribution in [0.4, 0.5) is 0 Å². The first-order valence-corrected chi connectivity index (χ1v) is 3.25. The third-order valence-corrected chi connectivity index (χ3v) is 1.25. The van der Waals surface area contributed by atoms with Crippen LogP contribution in [0.25, 0.3) is 0 Å². The second kappa shape index (κ2) is 10.2. The van der Waals surface area contributed by atoms with Crippen molar-refractivity contribution in [3.8, 4) is 0 Å². The van der Waals surface area contributed by atoms with E-state index < -0.39 is 0 Å². The number of hydrogen-bond donors (Lipinski definition) is 1. The van der Waals surface area contributed by atoms with E-state index in [-0.39, 0.29) is 7.43 Å². The average molecular weight is 133 g/mol. The van der Waals surface area contributed by atoms with E-state index in [4.69, 9.17) is 5.16 Å². The second-order valence-electron chi connectivity index (χ2n) is 1.77. The molecule has 2 heteroatoms. The summed E-state index contributed by atoms with van der Waals surface area (Å²) in [7, 11) is 2.22. The highest BCUT2D eigenvalue weighted by Crippen LogP contribution is 2.15. The molecule has 0 atom stereocenters. The Labute approximate surface area is 54.6 Å². The van der Waals surface area contributed by atoms with Crippen LogP contribution >= 0.6 is 9.03 Å². The monoisotopic (exact) mass is 133 g/mol. The fourth-order valence-electron chi connectivity index (χ4n) is 0.884. The van der Waals surface area contributed by atoms with Crippen LogP contribution in [0.1, 0.15) is 39.5 Å². The van der Waals surface area contributed by atoms with Crippen molar-refractivity contribution >= 4 is 9.03 Å². The number of hydrogen-bond acceptors (Lipinski definition) is 1. The van der Waals surface area contributed by atoms with Gasteiger partial charge in [0, 0.05) is 0 Å². The lowest BCUT2D eigenvalue weighted by molar-refractivity contribution is 0.886. The van der Waals surface area contributed by atoms with Gasteiger partial charge in [0.05, 0.1) is 0 Å². The minimum Gasteiger partial charge on any atom is -0.287 e.